The normalized spacial score (nSPS) is 11.9. The number of fused-ring (bicyclic) bond motifs is 6. The lowest BCUT2D eigenvalue weighted by atomic mass is 10.0. The van der Waals surface area contributed by atoms with E-state index in [2.05, 4.69) is 205 Å². The second-order valence-electron chi connectivity index (χ2n) is 13.3. The standard InChI is InChI=1S/C48H33NOSi/c1-4-17-36(18-5-1)49-44-27-12-10-24-40(44)43-33-35(30-31-45(43)49)34-16-14-23-39(32-34)51(37-19-6-2-7-20-37,38-21-8-3-9-22-38)47-29-15-26-42-41-25-11-13-28-46(41)50-48(42)47/h1-33H. The molecule has 10 rings (SSSR count). The minimum absolute atomic E-state index is 0.917. The van der Waals surface area contributed by atoms with Gasteiger partial charge in [-0.2, -0.15) is 0 Å². The van der Waals surface area contributed by atoms with Crippen LogP contribution in [0.15, 0.2) is 205 Å². The molecule has 0 unspecified atom stereocenters. The van der Waals surface area contributed by atoms with Crippen LogP contribution in [0, 0.1) is 0 Å². The Morgan fingerprint density at radius 3 is 1.71 bits per heavy atom. The van der Waals surface area contributed by atoms with Crippen LogP contribution in [-0.2, 0) is 0 Å². The van der Waals surface area contributed by atoms with Crippen LogP contribution < -0.4 is 20.7 Å². The number of para-hydroxylation sites is 4. The van der Waals surface area contributed by atoms with E-state index in [1.165, 1.54) is 59.4 Å². The molecule has 240 valence electrons. The number of hydrogen-bond donors (Lipinski definition) is 0. The molecular formula is C48H33NOSi. The molecule has 0 fully saturated rings. The molecule has 0 aliphatic rings. The van der Waals surface area contributed by atoms with Crippen LogP contribution in [-0.4, -0.2) is 12.6 Å². The van der Waals surface area contributed by atoms with Crippen molar-refractivity contribution < 1.29 is 4.42 Å². The zero-order valence-corrected chi connectivity index (χ0v) is 28.9. The lowest BCUT2D eigenvalue weighted by Crippen LogP contribution is -2.74. The Balaban J connectivity index is 1.25. The number of hydrogen-bond acceptors (Lipinski definition) is 1. The largest absolute Gasteiger partial charge is 0.456 e. The predicted octanol–water partition coefficient (Wildman–Crippen LogP) is 9.73. The van der Waals surface area contributed by atoms with Crippen LogP contribution in [0.5, 0.6) is 0 Å². The lowest BCUT2D eigenvalue weighted by molar-refractivity contribution is 0.671. The molecule has 0 saturated heterocycles. The van der Waals surface area contributed by atoms with Gasteiger partial charge >= 0.3 is 0 Å². The van der Waals surface area contributed by atoms with Gasteiger partial charge in [0, 0.05) is 27.2 Å². The number of benzene rings is 8. The fourth-order valence-electron chi connectivity index (χ4n) is 8.33. The third-order valence-electron chi connectivity index (χ3n) is 10.5. The average molecular weight is 668 g/mol. The Morgan fingerprint density at radius 1 is 0.373 bits per heavy atom. The minimum atomic E-state index is -2.93. The van der Waals surface area contributed by atoms with E-state index in [1.54, 1.807) is 0 Å². The second kappa shape index (κ2) is 11.9. The zero-order valence-electron chi connectivity index (χ0n) is 27.9. The van der Waals surface area contributed by atoms with Crippen molar-refractivity contribution in [1.82, 2.24) is 4.57 Å². The molecule has 0 bridgehead atoms. The highest BCUT2D eigenvalue weighted by atomic mass is 28.3. The average Bonchev–Trinajstić information content (AvgIpc) is 3.76. The van der Waals surface area contributed by atoms with Crippen molar-refractivity contribution in [2.45, 2.75) is 0 Å². The van der Waals surface area contributed by atoms with E-state index in [0.717, 1.165) is 21.9 Å². The molecule has 0 atom stereocenters. The first-order valence-electron chi connectivity index (χ1n) is 17.5. The number of nitrogens with zero attached hydrogens (tertiary/aromatic N) is 1. The molecular weight excluding hydrogens is 635 g/mol. The SMILES string of the molecule is c1ccc(-n2c3ccccc3c3cc(-c4cccc([Si](c5ccccc5)(c5ccccc5)c5cccc6c5oc5ccccc56)c4)ccc32)cc1. The van der Waals surface area contributed by atoms with Crippen LogP contribution in [0.3, 0.4) is 0 Å². The van der Waals surface area contributed by atoms with Crippen LogP contribution in [0.2, 0.25) is 0 Å². The monoisotopic (exact) mass is 667 g/mol. The highest BCUT2D eigenvalue weighted by molar-refractivity contribution is 7.20. The highest BCUT2D eigenvalue weighted by Gasteiger charge is 2.43. The van der Waals surface area contributed by atoms with Crippen LogP contribution in [0.1, 0.15) is 0 Å². The van der Waals surface area contributed by atoms with Gasteiger partial charge in [-0.05, 0) is 68.3 Å². The molecule has 0 aliphatic carbocycles. The molecule has 0 N–H and O–H groups in total. The minimum Gasteiger partial charge on any atom is -0.456 e. The number of rotatable bonds is 6. The van der Waals surface area contributed by atoms with Crippen molar-refractivity contribution >= 4 is 72.6 Å². The van der Waals surface area contributed by atoms with Crippen molar-refractivity contribution in [3.8, 4) is 16.8 Å². The number of aromatic nitrogens is 1. The zero-order chi connectivity index (χ0) is 33.8. The summed E-state index contributed by atoms with van der Waals surface area (Å²) in [5.41, 5.74) is 7.87. The summed E-state index contributed by atoms with van der Waals surface area (Å²) in [5, 5.41) is 10.0. The topological polar surface area (TPSA) is 18.1 Å². The summed E-state index contributed by atoms with van der Waals surface area (Å²) in [6.07, 6.45) is 0. The molecule has 10 aromatic rings. The van der Waals surface area contributed by atoms with Gasteiger partial charge < -0.3 is 8.98 Å². The summed E-state index contributed by atoms with van der Waals surface area (Å²) in [4.78, 5) is 0. The van der Waals surface area contributed by atoms with Gasteiger partial charge in [0.1, 0.15) is 11.2 Å². The van der Waals surface area contributed by atoms with Crippen LogP contribution in [0.4, 0.5) is 0 Å². The third-order valence-corrected chi connectivity index (χ3v) is 15.3. The van der Waals surface area contributed by atoms with Crippen LogP contribution in [0.25, 0.3) is 60.6 Å². The molecule has 2 nitrogen and oxygen atoms in total. The third kappa shape index (κ3) is 4.56. The Labute approximate surface area is 297 Å². The van der Waals surface area contributed by atoms with Crippen molar-refractivity contribution in [3.63, 3.8) is 0 Å². The van der Waals surface area contributed by atoms with E-state index in [-0.39, 0.29) is 0 Å². The van der Waals surface area contributed by atoms with Crippen molar-refractivity contribution in [2.75, 3.05) is 0 Å². The first-order valence-corrected chi connectivity index (χ1v) is 19.5. The Morgan fingerprint density at radius 2 is 0.941 bits per heavy atom. The molecule has 51 heavy (non-hydrogen) atoms. The Kier molecular flexibility index (Phi) is 6.86. The van der Waals surface area contributed by atoms with Crippen molar-refractivity contribution in [3.05, 3.63) is 200 Å². The number of furan rings is 1. The maximum absolute atomic E-state index is 6.83. The van der Waals surface area contributed by atoms with Gasteiger partial charge in [-0.25, -0.2) is 0 Å². The quantitative estimate of drug-likeness (QED) is 0.128. The fraction of sp³-hybridized carbons (Fsp3) is 0. The molecule has 0 spiro atoms. The maximum Gasteiger partial charge on any atom is 0.184 e. The molecule has 0 aliphatic heterocycles. The predicted molar refractivity (Wildman–Crippen MR) is 217 cm³/mol. The highest BCUT2D eigenvalue weighted by Crippen LogP contribution is 2.35. The van der Waals surface area contributed by atoms with E-state index < -0.39 is 8.07 Å². The van der Waals surface area contributed by atoms with E-state index in [9.17, 15) is 0 Å². The Hall–Kier alpha value is -6.42. The van der Waals surface area contributed by atoms with Gasteiger partial charge in [0.2, 0.25) is 0 Å². The summed E-state index contributed by atoms with van der Waals surface area (Å²) in [7, 11) is -2.93. The summed E-state index contributed by atoms with van der Waals surface area (Å²) in [6.45, 7) is 0. The summed E-state index contributed by atoms with van der Waals surface area (Å²) in [5.74, 6) is 0. The summed E-state index contributed by atoms with van der Waals surface area (Å²) >= 11 is 0. The van der Waals surface area contributed by atoms with Crippen molar-refractivity contribution in [2.24, 2.45) is 0 Å². The molecule has 8 aromatic carbocycles. The Bertz CT molecular complexity index is 2810. The van der Waals surface area contributed by atoms with Gasteiger partial charge in [-0.3, -0.25) is 0 Å². The lowest BCUT2D eigenvalue weighted by Gasteiger charge is -2.34. The van der Waals surface area contributed by atoms with E-state index in [1.807, 2.05) is 0 Å². The molecule has 2 heterocycles. The molecule has 2 aromatic heterocycles. The van der Waals surface area contributed by atoms with Crippen LogP contribution >= 0.6 is 0 Å². The summed E-state index contributed by atoms with van der Waals surface area (Å²) in [6, 6.07) is 73.0. The second-order valence-corrected chi connectivity index (χ2v) is 17.0. The van der Waals surface area contributed by atoms with Gasteiger partial charge in [-0.1, -0.05) is 164 Å². The molecule has 0 saturated carbocycles. The van der Waals surface area contributed by atoms with Crippen molar-refractivity contribution in [1.29, 1.82) is 0 Å². The smallest absolute Gasteiger partial charge is 0.184 e. The summed E-state index contributed by atoms with van der Waals surface area (Å²) < 4.78 is 9.21. The maximum atomic E-state index is 6.83. The van der Waals surface area contributed by atoms with Gasteiger partial charge in [-0.15, -0.1) is 0 Å². The van der Waals surface area contributed by atoms with Gasteiger partial charge in [0.15, 0.2) is 8.07 Å². The molecule has 0 amide bonds. The van der Waals surface area contributed by atoms with E-state index in [4.69, 9.17) is 4.42 Å². The first kappa shape index (κ1) is 29.5. The first-order chi connectivity index (χ1) is 25.3. The molecule has 0 radical (unpaired) electrons. The fourth-order valence-corrected chi connectivity index (χ4v) is 13.2. The van der Waals surface area contributed by atoms with Gasteiger partial charge in [0.05, 0.1) is 11.0 Å². The van der Waals surface area contributed by atoms with E-state index in [0.29, 0.717) is 0 Å². The van der Waals surface area contributed by atoms with E-state index >= 15 is 0 Å². The molecule has 3 heteroatoms. The van der Waals surface area contributed by atoms with Gasteiger partial charge in [0.25, 0.3) is 0 Å².